The van der Waals surface area contributed by atoms with Crippen LogP contribution in [0.3, 0.4) is 0 Å². The fourth-order valence-corrected chi connectivity index (χ4v) is 2.81. The lowest BCUT2D eigenvalue weighted by molar-refractivity contribution is 0.0947. The minimum absolute atomic E-state index is 0.173. The number of carbonyl (C=O) groups is 1. The summed E-state index contributed by atoms with van der Waals surface area (Å²) >= 11 is 0. The van der Waals surface area contributed by atoms with Crippen molar-refractivity contribution in [3.05, 3.63) is 59.7 Å². The van der Waals surface area contributed by atoms with E-state index in [4.69, 9.17) is 9.47 Å². The molecule has 0 aliphatic rings. The first-order chi connectivity index (χ1) is 11.6. The molecule has 128 valence electrons. The predicted octanol–water partition coefficient (Wildman–Crippen LogP) is 2.38. The molecule has 5 nitrogen and oxygen atoms in total. The summed E-state index contributed by atoms with van der Waals surface area (Å²) in [4.78, 5) is 12.1. The van der Waals surface area contributed by atoms with E-state index in [0.29, 0.717) is 30.2 Å². The SMILES string of the molecule is COc1cccc(OCCNC(=O)c2cccc(CS(C)=O)c2)c1. The number of amides is 1. The third-order valence-corrected chi connectivity index (χ3v) is 4.00. The molecule has 2 aromatic carbocycles. The largest absolute Gasteiger partial charge is 0.497 e. The van der Waals surface area contributed by atoms with E-state index in [9.17, 15) is 9.00 Å². The van der Waals surface area contributed by atoms with Crippen molar-refractivity contribution in [2.75, 3.05) is 26.5 Å². The molecule has 0 spiro atoms. The Morgan fingerprint density at radius 1 is 1.12 bits per heavy atom. The van der Waals surface area contributed by atoms with Gasteiger partial charge in [0, 0.05) is 34.4 Å². The van der Waals surface area contributed by atoms with Crippen LogP contribution in [0.1, 0.15) is 15.9 Å². The van der Waals surface area contributed by atoms with Gasteiger partial charge in [0.25, 0.3) is 5.91 Å². The first kappa shape index (κ1) is 18.0. The van der Waals surface area contributed by atoms with Gasteiger partial charge in [-0.15, -0.1) is 0 Å². The fraction of sp³-hybridized carbons (Fsp3) is 0.278. The normalized spacial score (nSPS) is 11.6. The number of hydrogen-bond acceptors (Lipinski definition) is 4. The maximum absolute atomic E-state index is 12.1. The third-order valence-electron chi connectivity index (χ3n) is 3.26. The van der Waals surface area contributed by atoms with Gasteiger partial charge in [-0.3, -0.25) is 9.00 Å². The van der Waals surface area contributed by atoms with E-state index in [0.717, 1.165) is 11.3 Å². The van der Waals surface area contributed by atoms with E-state index in [1.54, 1.807) is 37.6 Å². The average Bonchev–Trinajstić information content (AvgIpc) is 2.58. The third kappa shape index (κ3) is 5.70. The highest BCUT2D eigenvalue weighted by Crippen LogP contribution is 2.18. The van der Waals surface area contributed by atoms with Crippen molar-refractivity contribution in [1.82, 2.24) is 5.32 Å². The smallest absolute Gasteiger partial charge is 0.251 e. The Bertz CT molecular complexity index is 718. The summed E-state index contributed by atoms with van der Waals surface area (Å²) in [6.45, 7) is 0.748. The first-order valence-corrected chi connectivity index (χ1v) is 9.25. The molecule has 1 atom stereocenters. The van der Waals surface area contributed by atoms with Crippen molar-refractivity contribution in [2.24, 2.45) is 0 Å². The van der Waals surface area contributed by atoms with E-state index >= 15 is 0 Å². The summed E-state index contributed by atoms with van der Waals surface area (Å²) in [5, 5.41) is 2.81. The van der Waals surface area contributed by atoms with Gasteiger partial charge in [0.1, 0.15) is 18.1 Å². The molecule has 0 saturated carbocycles. The van der Waals surface area contributed by atoms with Gasteiger partial charge < -0.3 is 14.8 Å². The van der Waals surface area contributed by atoms with E-state index in [2.05, 4.69) is 5.32 Å². The second kappa shape index (κ2) is 9.08. The Kier molecular flexibility index (Phi) is 6.81. The second-order valence-corrected chi connectivity index (χ2v) is 6.64. The number of benzene rings is 2. The van der Waals surface area contributed by atoms with Crippen LogP contribution in [-0.2, 0) is 16.6 Å². The van der Waals surface area contributed by atoms with Crippen LogP contribution < -0.4 is 14.8 Å². The van der Waals surface area contributed by atoms with E-state index < -0.39 is 10.8 Å². The Morgan fingerprint density at radius 2 is 1.88 bits per heavy atom. The lowest BCUT2D eigenvalue weighted by Gasteiger charge is -2.09. The van der Waals surface area contributed by atoms with E-state index in [1.165, 1.54) is 0 Å². The van der Waals surface area contributed by atoms with Gasteiger partial charge in [-0.1, -0.05) is 18.2 Å². The molecule has 1 unspecified atom stereocenters. The monoisotopic (exact) mass is 347 g/mol. The standard InChI is InChI=1S/C18H21NO4S/c1-22-16-7-4-8-17(12-16)23-10-9-19-18(20)15-6-3-5-14(11-15)13-24(2)21/h3-8,11-12H,9-10,13H2,1-2H3,(H,19,20). The summed E-state index contributed by atoms with van der Waals surface area (Å²) in [7, 11) is 0.668. The molecule has 0 bridgehead atoms. The van der Waals surface area contributed by atoms with Crippen molar-refractivity contribution in [3.8, 4) is 11.5 Å². The van der Waals surface area contributed by atoms with Crippen LogP contribution in [0.25, 0.3) is 0 Å². The van der Waals surface area contributed by atoms with E-state index in [1.807, 2.05) is 24.3 Å². The molecule has 0 aliphatic heterocycles. The maximum Gasteiger partial charge on any atom is 0.251 e. The van der Waals surface area contributed by atoms with Crippen LogP contribution in [0, 0.1) is 0 Å². The molecule has 1 N–H and O–H groups in total. The average molecular weight is 347 g/mol. The summed E-state index contributed by atoms with van der Waals surface area (Å²) < 4.78 is 22.0. The zero-order valence-corrected chi connectivity index (χ0v) is 14.6. The van der Waals surface area contributed by atoms with Gasteiger partial charge in [0.2, 0.25) is 0 Å². The fourth-order valence-electron chi connectivity index (χ4n) is 2.16. The number of methoxy groups -OCH3 is 1. The van der Waals surface area contributed by atoms with Crippen LogP contribution in [0.5, 0.6) is 11.5 Å². The van der Waals surface area contributed by atoms with Gasteiger partial charge >= 0.3 is 0 Å². The van der Waals surface area contributed by atoms with Gasteiger partial charge in [-0.25, -0.2) is 0 Å². The molecule has 0 saturated heterocycles. The maximum atomic E-state index is 12.1. The minimum Gasteiger partial charge on any atom is -0.497 e. The van der Waals surface area contributed by atoms with E-state index in [-0.39, 0.29) is 5.91 Å². The lowest BCUT2D eigenvalue weighted by atomic mass is 10.1. The first-order valence-electron chi connectivity index (χ1n) is 7.52. The molecule has 24 heavy (non-hydrogen) atoms. The summed E-state index contributed by atoms with van der Waals surface area (Å²) in [5.41, 5.74) is 1.44. The zero-order chi connectivity index (χ0) is 17.4. The molecular formula is C18H21NO4S. The number of ether oxygens (including phenoxy) is 2. The van der Waals surface area contributed by atoms with Crippen molar-refractivity contribution >= 4 is 16.7 Å². The van der Waals surface area contributed by atoms with Crippen molar-refractivity contribution in [1.29, 1.82) is 0 Å². The zero-order valence-electron chi connectivity index (χ0n) is 13.8. The molecule has 0 heterocycles. The number of hydrogen-bond donors (Lipinski definition) is 1. The molecule has 0 radical (unpaired) electrons. The Hall–Kier alpha value is -2.34. The quantitative estimate of drug-likeness (QED) is 0.745. The summed E-state index contributed by atoms with van der Waals surface area (Å²) in [5.74, 6) is 1.69. The molecule has 0 aromatic heterocycles. The lowest BCUT2D eigenvalue weighted by Crippen LogP contribution is -2.28. The number of nitrogens with one attached hydrogen (secondary N) is 1. The van der Waals surface area contributed by atoms with Crippen LogP contribution in [0.15, 0.2) is 48.5 Å². The summed E-state index contributed by atoms with van der Waals surface area (Å²) in [6.07, 6.45) is 1.64. The highest BCUT2D eigenvalue weighted by atomic mass is 32.2. The number of rotatable bonds is 8. The Morgan fingerprint density at radius 3 is 2.62 bits per heavy atom. The molecule has 2 aromatic rings. The van der Waals surface area contributed by atoms with Crippen molar-refractivity contribution in [2.45, 2.75) is 5.75 Å². The minimum atomic E-state index is -0.931. The highest BCUT2D eigenvalue weighted by molar-refractivity contribution is 7.83. The number of carbonyl (C=O) groups excluding carboxylic acids is 1. The molecular weight excluding hydrogens is 326 g/mol. The molecule has 0 aliphatic carbocycles. The van der Waals surface area contributed by atoms with Crippen LogP contribution in [0.2, 0.25) is 0 Å². The van der Waals surface area contributed by atoms with Crippen LogP contribution in [0.4, 0.5) is 0 Å². The van der Waals surface area contributed by atoms with Crippen molar-refractivity contribution in [3.63, 3.8) is 0 Å². The predicted molar refractivity (Wildman–Crippen MR) is 95.0 cm³/mol. The van der Waals surface area contributed by atoms with Gasteiger partial charge in [0.05, 0.1) is 13.7 Å². The Balaban J connectivity index is 1.81. The van der Waals surface area contributed by atoms with Gasteiger partial charge in [-0.2, -0.15) is 0 Å². The molecule has 2 rings (SSSR count). The van der Waals surface area contributed by atoms with Crippen LogP contribution in [-0.4, -0.2) is 36.6 Å². The molecule has 6 heteroatoms. The van der Waals surface area contributed by atoms with Crippen molar-refractivity contribution < 1.29 is 18.5 Å². The summed E-state index contributed by atoms with van der Waals surface area (Å²) in [6, 6.07) is 14.5. The van der Waals surface area contributed by atoms with Gasteiger partial charge in [0.15, 0.2) is 0 Å². The molecule has 1 amide bonds. The van der Waals surface area contributed by atoms with Crippen LogP contribution >= 0.6 is 0 Å². The topological polar surface area (TPSA) is 64.6 Å². The van der Waals surface area contributed by atoms with Gasteiger partial charge in [-0.05, 0) is 29.8 Å². The molecule has 0 fully saturated rings. The Labute approximate surface area is 144 Å². The highest BCUT2D eigenvalue weighted by Gasteiger charge is 2.06. The second-order valence-electron chi connectivity index (χ2n) is 5.20.